The fourth-order valence-electron chi connectivity index (χ4n) is 2.54. The third-order valence-corrected chi connectivity index (χ3v) is 3.59. The van der Waals surface area contributed by atoms with E-state index in [2.05, 4.69) is 25.3 Å². The number of nitrogens with one attached hydrogen (secondary N) is 2. The SMILES string of the molecule is Cc1cnc(-c2cncc(CC3CCNCC3)n2)[nH]1. The lowest BCUT2D eigenvalue weighted by molar-refractivity contribution is 0.370. The minimum Gasteiger partial charge on any atom is -0.341 e. The molecular weight excluding hydrogens is 238 g/mol. The molecule has 0 aliphatic carbocycles. The summed E-state index contributed by atoms with van der Waals surface area (Å²) in [5, 5.41) is 3.39. The minimum atomic E-state index is 0.726. The van der Waals surface area contributed by atoms with Crippen molar-refractivity contribution < 1.29 is 0 Å². The molecule has 0 bridgehead atoms. The van der Waals surface area contributed by atoms with E-state index in [0.29, 0.717) is 0 Å². The van der Waals surface area contributed by atoms with Gasteiger partial charge in [-0.05, 0) is 45.2 Å². The van der Waals surface area contributed by atoms with Crippen molar-refractivity contribution in [2.75, 3.05) is 13.1 Å². The van der Waals surface area contributed by atoms with Crippen LogP contribution in [0.1, 0.15) is 24.2 Å². The van der Waals surface area contributed by atoms with Crippen molar-refractivity contribution in [3.63, 3.8) is 0 Å². The van der Waals surface area contributed by atoms with Gasteiger partial charge in [0.1, 0.15) is 5.69 Å². The van der Waals surface area contributed by atoms with Gasteiger partial charge in [0, 0.05) is 18.1 Å². The van der Waals surface area contributed by atoms with Gasteiger partial charge in [-0.2, -0.15) is 0 Å². The van der Waals surface area contributed by atoms with Crippen LogP contribution in [-0.4, -0.2) is 33.0 Å². The highest BCUT2D eigenvalue weighted by Gasteiger charge is 2.15. The Balaban J connectivity index is 1.75. The van der Waals surface area contributed by atoms with Crippen LogP contribution >= 0.6 is 0 Å². The lowest BCUT2D eigenvalue weighted by Gasteiger charge is -2.22. The zero-order valence-corrected chi connectivity index (χ0v) is 11.2. The highest BCUT2D eigenvalue weighted by atomic mass is 15.0. The Bertz CT molecular complexity index is 542. The normalized spacial score (nSPS) is 16.7. The Hall–Kier alpha value is -1.75. The van der Waals surface area contributed by atoms with Crippen LogP contribution in [0.2, 0.25) is 0 Å². The minimum absolute atomic E-state index is 0.726. The molecule has 0 saturated carbocycles. The van der Waals surface area contributed by atoms with Crippen molar-refractivity contribution in [2.24, 2.45) is 5.92 Å². The predicted octanol–water partition coefficient (Wildman–Crippen LogP) is 1.72. The molecule has 0 radical (unpaired) electrons. The molecule has 0 atom stereocenters. The predicted molar refractivity (Wildman–Crippen MR) is 73.6 cm³/mol. The summed E-state index contributed by atoms with van der Waals surface area (Å²) in [6, 6.07) is 0. The van der Waals surface area contributed by atoms with Crippen molar-refractivity contribution in [1.82, 2.24) is 25.3 Å². The van der Waals surface area contributed by atoms with Gasteiger partial charge in [0.2, 0.25) is 0 Å². The highest BCUT2D eigenvalue weighted by molar-refractivity contribution is 5.47. The van der Waals surface area contributed by atoms with Crippen molar-refractivity contribution in [2.45, 2.75) is 26.2 Å². The average Bonchev–Trinajstić information content (AvgIpc) is 2.87. The molecule has 1 aliphatic rings. The van der Waals surface area contributed by atoms with Gasteiger partial charge in [0.15, 0.2) is 5.82 Å². The summed E-state index contributed by atoms with van der Waals surface area (Å²) in [5.41, 5.74) is 2.94. The Morgan fingerprint density at radius 1 is 1.21 bits per heavy atom. The van der Waals surface area contributed by atoms with Crippen LogP contribution in [0.25, 0.3) is 11.5 Å². The Kier molecular flexibility index (Phi) is 3.55. The molecule has 5 nitrogen and oxygen atoms in total. The van der Waals surface area contributed by atoms with Gasteiger partial charge in [-0.15, -0.1) is 0 Å². The average molecular weight is 257 g/mol. The third kappa shape index (κ3) is 2.98. The van der Waals surface area contributed by atoms with Crippen LogP contribution < -0.4 is 5.32 Å². The summed E-state index contributed by atoms with van der Waals surface area (Å²) in [4.78, 5) is 16.5. The van der Waals surface area contributed by atoms with Gasteiger partial charge < -0.3 is 10.3 Å². The summed E-state index contributed by atoms with van der Waals surface area (Å²) in [7, 11) is 0. The second kappa shape index (κ2) is 5.48. The number of aromatic nitrogens is 4. The van der Waals surface area contributed by atoms with Crippen LogP contribution in [0.15, 0.2) is 18.6 Å². The molecule has 2 N–H and O–H groups in total. The van der Waals surface area contributed by atoms with E-state index in [1.54, 1.807) is 6.20 Å². The zero-order valence-electron chi connectivity index (χ0n) is 11.2. The van der Waals surface area contributed by atoms with E-state index in [0.717, 1.165) is 48.3 Å². The molecule has 1 aliphatic heterocycles. The lowest BCUT2D eigenvalue weighted by atomic mass is 9.93. The van der Waals surface area contributed by atoms with Crippen molar-refractivity contribution in [3.05, 3.63) is 30.0 Å². The first kappa shape index (κ1) is 12.3. The van der Waals surface area contributed by atoms with Gasteiger partial charge in [-0.1, -0.05) is 0 Å². The summed E-state index contributed by atoms with van der Waals surface area (Å²) in [5.74, 6) is 1.53. The molecule has 0 spiro atoms. The van der Waals surface area contributed by atoms with Crippen LogP contribution in [0.5, 0.6) is 0 Å². The van der Waals surface area contributed by atoms with Gasteiger partial charge in [-0.25, -0.2) is 9.97 Å². The standard InChI is InChI=1S/C14H19N5/c1-10-7-17-14(18-10)13-9-16-8-12(19-13)6-11-2-4-15-5-3-11/h7-9,11,15H,2-6H2,1H3,(H,17,18). The fraction of sp³-hybridized carbons (Fsp3) is 0.500. The Morgan fingerprint density at radius 2 is 2.05 bits per heavy atom. The van der Waals surface area contributed by atoms with E-state index in [4.69, 9.17) is 0 Å². The summed E-state index contributed by atoms with van der Waals surface area (Å²) < 4.78 is 0. The van der Waals surface area contributed by atoms with E-state index >= 15 is 0 Å². The first-order valence-electron chi connectivity index (χ1n) is 6.85. The first-order valence-corrected chi connectivity index (χ1v) is 6.85. The largest absolute Gasteiger partial charge is 0.341 e. The Labute approximate surface area is 112 Å². The number of nitrogens with zero attached hydrogens (tertiary/aromatic N) is 3. The molecule has 2 aromatic heterocycles. The molecule has 1 fully saturated rings. The number of imidazole rings is 1. The number of rotatable bonds is 3. The molecule has 100 valence electrons. The van der Waals surface area contributed by atoms with Crippen LogP contribution in [0, 0.1) is 12.8 Å². The molecule has 0 amide bonds. The van der Waals surface area contributed by atoms with E-state index < -0.39 is 0 Å². The monoisotopic (exact) mass is 257 g/mol. The molecule has 3 rings (SSSR count). The van der Waals surface area contributed by atoms with Crippen molar-refractivity contribution in [1.29, 1.82) is 0 Å². The number of aryl methyl sites for hydroxylation is 1. The highest BCUT2D eigenvalue weighted by Crippen LogP contribution is 2.18. The second-order valence-corrected chi connectivity index (χ2v) is 5.21. The van der Waals surface area contributed by atoms with Gasteiger partial charge in [-0.3, -0.25) is 4.98 Å². The number of H-pyrrole nitrogens is 1. The lowest BCUT2D eigenvalue weighted by Crippen LogP contribution is -2.28. The smallest absolute Gasteiger partial charge is 0.157 e. The number of aromatic amines is 1. The number of hydrogen-bond donors (Lipinski definition) is 2. The van der Waals surface area contributed by atoms with E-state index in [1.165, 1.54) is 12.8 Å². The van der Waals surface area contributed by atoms with Crippen LogP contribution in [-0.2, 0) is 6.42 Å². The molecule has 1 saturated heterocycles. The van der Waals surface area contributed by atoms with Gasteiger partial charge in [0.25, 0.3) is 0 Å². The quantitative estimate of drug-likeness (QED) is 0.878. The number of hydrogen-bond acceptors (Lipinski definition) is 4. The van der Waals surface area contributed by atoms with E-state index in [1.807, 2.05) is 19.3 Å². The molecule has 0 unspecified atom stereocenters. The third-order valence-electron chi connectivity index (χ3n) is 3.59. The second-order valence-electron chi connectivity index (χ2n) is 5.21. The number of piperidine rings is 1. The van der Waals surface area contributed by atoms with E-state index in [9.17, 15) is 0 Å². The maximum atomic E-state index is 4.67. The zero-order chi connectivity index (χ0) is 13.1. The molecule has 5 heteroatoms. The van der Waals surface area contributed by atoms with Crippen molar-refractivity contribution >= 4 is 0 Å². The summed E-state index contributed by atoms with van der Waals surface area (Å²) >= 11 is 0. The maximum absolute atomic E-state index is 4.67. The molecule has 19 heavy (non-hydrogen) atoms. The first-order chi connectivity index (χ1) is 9.31. The van der Waals surface area contributed by atoms with Crippen LogP contribution in [0.3, 0.4) is 0 Å². The van der Waals surface area contributed by atoms with Crippen molar-refractivity contribution in [3.8, 4) is 11.5 Å². The summed E-state index contributed by atoms with van der Waals surface area (Å²) in [6.07, 6.45) is 8.93. The Morgan fingerprint density at radius 3 is 2.79 bits per heavy atom. The maximum Gasteiger partial charge on any atom is 0.157 e. The fourth-order valence-corrected chi connectivity index (χ4v) is 2.54. The van der Waals surface area contributed by atoms with Gasteiger partial charge >= 0.3 is 0 Å². The van der Waals surface area contributed by atoms with Crippen LogP contribution in [0.4, 0.5) is 0 Å². The molecule has 3 heterocycles. The molecule has 2 aromatic rings. The van der Waals surface area contributed by atoms with Gasteiger partial charge in [0.05, 0.1) is 11.9 Å². The summed E-state index contributed by atoms with van der Waals surface area (Å²) in [6.45, 7) is 4.23. The van der Waals surface area contributed by atoms with E-state index in [-0.39, 0.29) is 0 Å². The topological polar surface area (TPSA) is 66.5 Å². The molecular formula is C14H19N5. The molecule has 0 aromatic carbocycles.